The fraction of sp³-hybridized carbons (Fsp3) is 0.333. The topological polar surface area (TPSA) is 45.4 Å². The van der Waals surface area contributed by atoms with Gasteiger partial charge in [-0.05, 0) is 13.0 Å². The number of methoxy groups -OCH3 is 1. The van der Waals surface area contributed by atoms with Crippen molar-refractivity contribution >= 4 is 12.1 Å². The van der Waals surface area contributed by atoms with Crippen molar-refractivity contribution in [1.82, 2.24) is 0 Å². The summed E-state index contributed by atoms with van der Waals surface area (Å²) in [6, 6.07) is 0. The average Bonchev–Trinajstić information content (AvgIpc) is 1.85. The van der Waals surface area contributed by atoms with Crippen LogP contribution in [0.15, 0.2) is 17.3 Å². The Morgan fingerprint density at radius 2 is 2.33 bits per heavy atom. The lowest BCUT2D eigenvalue weighted by atomic mass is 10.4. The van der Waals surface area contributed by atoms with Gasteiger partial charge in [0.05, 0.1) is 13.4 Å². The molecule has 3 heteroatoms. The molecule has 0 saturated carbocycles. The summed E-state index contributed by atoms with van der Waals surface area (Å²) in [5.41, 5.74) is 0.756. The van der Waals surface area contributed by atoms with Gasteiger partial charge < -0.3 is 4.74 Å². The first-order chi connectivity index (χ1) is 4.31. The van der Waals surface area contributed by atoms with Crippen LogP contribution in [0.5, 0.6) is 0 Å². The molecule has 0 saturated heterocycles. The van der Waals surface area contributed by atoms with Crippen LogP contribution in [-0.4, -0.2) is 19.2 Å². The van der Waals surface area contributed by atoms with Gasteiger partial charge in [0.25, 0.3) is 0 Å². The van der Waals surface area contributed by atoms with E-state index in [-0.39, 0.29) is 0 Å². The van der Waals surface area contributed by atoms with Crippen molar-refractivity contribution in [2.24, 2.45) is 4.99 Å². The van der Waals surface area contributed by atoms with Crippen LogP contribution in [0.4, 0.5) is 0 Å². The van der Waals surface area contributed by atoms with Crippen LogP contribution in [-0.2, 0) is 4.74 Å². The second-order valence-electron chi connectivity index (χ2n) is 1.44. The summed E-state index contributed by atoms with van der Waals surface area (Å²) in [6.45, 7) is 1.79. The van der Waals surface area contributed by atoms with Crippen molar-refractivity contribution in [3.63, 3.8) is 0 Å². The van der Waals surface area contributed by atoms with E-state index in [1.54, 1.807) is 20.1 Å². The average molecular weight is 126 g/mol. The lowest BCUT2D eigenvalue weighted by Crippen LogP contribution is -1.83. The van der Waals surface area contributed by atoms with E-state index in [9.17, 15) is 0 Å². The van der Waals surface area contributed by atoms with Crippen molar-refractivity contribution in [2.45, 2.75) is 6.92 Å². The third-order valence-corrected chi connectivity index (χ3v) is 0.714. The molecule has 0 aromatic heterocycles. The van der Waals surface area contributed by atoms with Gasteiger partial charge in [-0.1, -0.05) is 0 Å². The van der Waals surface area contributed by atoms with E-state index >= 15 is 0 Å². The van der Waals surface area contributed by atoms with Crippen LogP contribution in [0.3, 0.4) is 0 Å². The molecule has 0 aliphatic rings. The van der Waals surface area contributed by atoms with Crippen molar-refractivity contribution in [3.05, 3.63) is 12.3 Å². The SMILES string of the molecule is CO/C=C/C(C)=NC=N. The van der Waals surface area contributed by atoms with E-state index in [0.29, 0.717) is 0 Å². The first-order valence-corrected chi connectivity index (χ1v) is 2.54. The zero-order valence-electron chi connectivity index (χ0n) is 5.59. The van der Waals surface area contributed by atoms with E-state index in [1.165, 1.54) is 6.26 Å². The first kappa shape index (κ1) is 7.88. The molecule has 0 spiro atoms. The monoisotopic (exact) mass is 126 g/mol. The molecule has 0 atom stereocenters. The standard InChI is InChI=1S/C6H10N2O/c1-6(8-5-7)3-4-9-2/h3-5,7H,1-2H3/b4-3+,7-5?,8-6?. The molecule has 9 heavy (non-hydrogen) atoms. The van der Waals surface area contributed by atoms with Crippen LogP contribution in [0, 0.1) is 5.41 Å². The molecule has 0 amide bonds. The van der Waals surface area contributed by atoms with Gasteiger partial charge in [-0.25, -0.2) is 4.99 Å². The normalized spacial score (nSPS) is 12.0. The van der Waals surface area contributed by atoms with Crippen LogP contribution in [0.1, 0.15) is 6.92 Å². The molecule has 0 fully saturated rings. The van der Waals surface area contributed by atoms with Gasteiger partial charge in [-0.2, -0.15) is 0 Å². The quantitative estimate of drug-likeness (QED) is 0.345. The minimum atomic E-state index is 0.756. The Kier molecular flexibility index (Phi) is 4.40. The maximum atomic E-state index is 6.58. The minimum Gasteiger partial charge on any atom is -0.504 e. The molecule has 0 rings (SSSR count). The summed E-state index contributed by atoms with van der Waals surface area (Å²) >= 11 is 0. The number of hydrogen-bond donors (Lipinski definition) is 1. The Hall–Kier alpha value is -1.12. The largest absolute Gasteiger partial charge is 0.504 e. The highest BCUT2D eigenvalue weighted by Gasteiger charge is 1.76. The van der Waals surface area contributed by atoms with Gasteiger partial charge in [0, 0.05) is 5.71 Å². The Balaban J connectivity index is 3.74. The van der Waals surface area contributed by atoms with E-state index in [4.69, 9.17) is 5.41 Å². The highest BCUT2D eigenvalue weighted by molar-refractivity contribution is 5.96. The maximum Gasteiger partial charge on any atom is 0.107 e. The number of allylic oxidation sites excluding steroid dienone is 1. The number of aliphatic imine (C=N–C) groups is 1. The predicted octanol–water partition coefficient (Wildman–Crippen LogP) is 1.21. The molecule has 1 N–H and O–H groups in total. The van der Waals surface area contributed by atoms with Gasteiger partial charge in [0.2, 0.25) is 0 Å². The summed E-state index contributed by atoms with van der Waals surface area (Å²) in [5, 5.41) is 6.58. The maximum absolute atomic E-state index is 6.58. The molecule has 0 unspecified atom stereocenters. The highest BCUT2D eigenvalue weighted by Crippen LogP contribution is 1.78. The van der Waals surface area contributed by atoms with E-state index in [0.717, 1.165) is 12.1 Å². The molecule has 50 valence electrons. The molecule has 0 aliphatic heterocycles. The summed E-state index contributed by atoms with van der Waals surface area (Å²) < 4.78 is 4.62. The Labute approximate surface area is 54.6 Å². The van der Waals surface area contributed by atoms with Crippen LogP contribution < -0.4 is 0 Å². The third kappa shape index (κ3) is 4.74. The zero-order chi connectivity index (χ0) is 7.11. The second-order valence-corrected chi connectivity index (χ2v) is 1.44. The molecule has 0 bridgehead atoms. The second kappa shape index (κ2) is 5.03. The van der Waals surface area contributed by atoms with E-state index in [1.807, 2.05) is 0 Å². The van der Waals surface area contributed by atoms with E-state index < -0.39 is 0 Å². The summed E-state index contributed by atoms with van der Waals surface area (Å²) in [5.74, 6) is 0. The lowest BCUT2D eigenvalue weighted by Gasteiger charge is -1.85. The van der Waals surface area contributed by atoms with Crippen LogP contribution in [0.25, 0.3) is 0 Å². The van der Waals surface area contributed by atoms with Gasteiger partial charge in [-0.15, -0.1) is 0 Å². The van der Waals surface area contributed by atoms with Crippen molar-refractivity contribution in [1.29, 1.82) is 5.41 Å². The third-order valence-electron chi connectivity index (χ3n) is 0.714. The Morgan fingerprint density at radius 1 is 1.67 bits per heavy atom. The molecule has 0 radical (unpaired) electrons. The van der Waals surface area contributed by atoms with Crippen molar-refractivity contribution in [3.8, 4) is 0 Å². The molecule has 3 nitrogen and oxygen atoms in total. The molecular formula is C6H10N2O. The predicted molar refractivity (Wildman–Crippen MR) is 38.0 cm³/mol. The number of nitrogens with zero attached hydrogens (tertiary/aromatic N) is 1. The fourth-order valence-electron chi connectivity index (χ4n) is 0.311. The lowest BCUT2D eigenvalue weighted by molar-refractivity contribution is 0.338. The zero-order valence-corrected chi connectivity index (χ0v) is 5.59. The minimum absolute atomic E-state index is 0.756. The molecule has 0 heterocycles. The fourth-order valence-corrected chi connectivity index (χ4v) is 0.311. The molecule has 0 aromatic carbocycles. The first-order valence-electron chi connectivity index (χ1n) is 2.54. The number of nitrogens with one attached hydrogen (secondary N) is 1. The van der Waals surface area contributed by atoms with Crippen LogP contribution in [0.2, 0.25) is 0 Å². The summed E-state index contributed by atoms with van der Waals surface area (Å²) in [4.78, 5) is 3.65. The number of ether oxygens (including phenoxy) is 1. The number of rotatable bonds is 3. The molecule has 0 aromatic rings. The number of hydrogen-bond acceptors (Lipinski definition) is 2. The van der Waals surface area contributed by atoms with Crippen LogP contribution >= 0.6 is 0 Å². The Morgan fingerprint density at radius 3 is 2.78 bits per heavy atom. The van der Waals surface area contributed by atoms with Gasteiger partial charge in [0.15, 0.2) is 0 Å². The van der Waals surface area contributed by atoms with Gasteiger partial charge in [0.1, 0.15) is 6.34 Å². The van der Waals surface area contributed by atoms with Gasteiger partial charge in [-0.3, -0.25) is 5.41 Å². The Bertz CT molecular complexity index is 138. The summed E-state index contributed by atoms with van der Waals surface area (Å²) in [6.07, 6.45) is 4.20. The van der Waals surface area contributed by atoms with Crippen molar-refractivity contribution in [2.75, 3.05) is 7.11 Å². The van der Waals surface area contributed by atoms with E-state index in [2.05, 4.69) is 9.73 Å². The molecule has 0 aliphatic carbocycles. The van der Waals surface area contributed by atoms with Gasteiger partial charge >= 0.3 is 0 Å². The summed E-state index contributed by atoms with van der Waals surface area (Å²) in [7, 11) is 1.56. The van der Waals surface area contributed by atoms with Crippen molar-refractivity contribution < 1.29 is 4.74 Å². The molecular weight excluding hydrogens is 116 g/mol. The smallest absolute Gasteiger partial charge is 0.107 e. The highest BCUT2D eigenvalue weighted by atomic mass is 16.5.